The highest BCUT2D eigenvalue weighted by atomic mass is 35.5. The molecule has 3 N–H and O–H groups in total. The number of benzene rings is 1. The van der Waals surface area contributed by atoms with E-state index in [1.165, 1.54) is 0 Å². The third-order valence-electron chi connectivity index (χ3n) is 2.01. The van der Waals surface area contributed by atoms with Gasteiger partial charge in [0.15, 0.2) is 6.10 Å². The van der Waals surface area contributed by atoms with Crippen molar-refractivity contribution in [3.05, 3.63) is 34.9 Å². The second-order valence-corrected chi connectivity index (χ2v) is 3.76. The summed E-state index contributed by atoms with van der Waals surface area (Å²) < 4.78 is 4.89. The van der Waals surface area contributed by atoms with Gasteiger partial charge in [-0.05, 0) is 30.7 Å². The molecule has 0 amide bonds. The van der Waals surface area contributed by atoms with Crippen LogP contribution in [0.3, 0.4) is 0 Å². The SMILES string of the molecule is NCCC(O)C(=O)OCc1ccc(Cl)cc1. The zero-order chi connectivity index (χ0) is 12.0. The fraction of sp³-hybridized carbons (Fsp3) is 0.364. The highest BCUT2D eigenvalue weighted by molar-refractivity contribution is 6.30. The van der Waals surface area contributed by atoms with E-state index < -0.39 is 12.1 Å². The largest absolute Gasteiger partial charge is 0.459 e. The standard InChI is InChI=1S/C11H14ClNO3/c12-9-3-1-8(2-4-9)7-16-11(15)10(14)5-6-13/h1-4,10,14H,5-7,13H2. The summed E-state index contributed by atoms with van der Waals surface area (Å²) in [6.45, 7) is 0.370. The topological polar surface area (TPSA) is 72.5 Å². The first-order valence-corrected chi connectivity index (χ1v) is 5.30. The number of esters is 1. The predicted molar refractivity (Wildman–Crippen MR) is 60.9 cm³/mol. The minimum absolute atomic E-state index is 0.123. The first kappa shape index (κ1) is 13.0. The van der Waals surface area contributed by atoms with E-state index in [0.717, 1.165) is 5.56 Å². The van der Waals surface area contributed by atoms with E-state index in [2.05, 4.69) is 0 Å². The number of carbonyl (C=O) groups is 1. The number of ether oxygens (including phenoxy) is 1. The summed E-state index contributed by atoms with van der Waals surface area (Å²) in [5.41, 5.74) is 6.03. The molecular formula is C11H14ClNO3. The fourth-order valence-electron chi connectivity index (χ4n) is 1.11. The Hall–Kier alpha value is -1.10. The molecule has 88 valence electrons. The van der Waals surface area contributed by atoms with Crippen molar-refractivity contribution in [3.8, 4) is 0 Å². The Bertz CT molecular complexity index is 340. The maximum Gasteiger partial charge on any atom is 0.335 e. The molecule has 1 aromatic carbocycles. The summed E-state index contributed by atoms with van der Waals surface area (Å²) in [6, 6.07) is 6.93. The predicted octanol–water partition coefficient (Wildman–Crippen LogP) is 1.09. The fourth-order valence-corrected chi connectivity index (χ4v) is 1.23. The molecule has 0 fully saturated rings. The van der Waals surface area contributed by atoms with Gasteiger partial charge in [-0.3, -0.25) is 0 Å². The van der Waals surface area contributed by atoms with Crippen LogP contribution in [0.15, 0.2) is 24.3 Å². The van der Waals surface area contributed by atoms with Crippen molar-refractivity contribution >= 4 is 17.6 Å². The molecule has 1 rings (SSSR count). The van der Waals surface area contributed by atoms with Crippen molar-refractivity contribution < 1.29 is 14.6 Å². The molecule has 0 radical (unpaired) electrons. The molecule has 5 heteroatoms. The van der Waals surface area contributed by atoms with Gasteiger partial charge in [0.05, 0.1) is 0 Å². The summed E-state index contributed by atoms with van der Waals surface area (Å²) in [5.74, 6) is -0.652. The highest BCUT2D eigenvalue weighted by Gasteiger charge is 2.15. The number of carbonyl (C=O) groups excluding carboxylic acids is 1. The molecule has 16 heavy (non-hydrogen) atoms. The van der Waals surface area contributed by atoms with Crippen molar-refractivity contribution in [1.29, 1.82) is 0 Å². The van der Waals surface area contributed by atoms with Gasteiger partial charge in [0.2, 0.25) is 0 Å². The number of hydrogen-bond donors (Lipinski definition) is 2. The summed E-state index contributed by atoms with van der Waals surface area (Å²) in [7, 11) is 0. The molecule has 0 saturated heterocycles. The molecule has 0 aliphatic rings. The summed E-state index contributed by atoms with van der Waals surface area (Å²) >= 11 is 5.70. The number of rotatable bonds is 5. The summed E-state index contributed by atoms with van der Waals surface area (Å²) in [4.78, 5) is 11.2. The first-order chi connectivity index (χ1) is 7.63. The Kier molecular flexibility index (Phi) is 5.25. The lowest BCUT2D eigenvalue weighted by molar-refractivity contribution is -0.155. The van der Waals surface area contributed by atoms with Crippen LogP contribution < -0.4 is 5.73 Å². The van der Waals surface area contributed by atoms with Crippen LogP contribution in [0.2, 0.25) is 5.02 Å². The van der Waals surface area contributed by atoms with Gasteiger partial charge in [-0.1, -0.05) is 23.7 Å². The molecule has 4 nitrogen and oxygen atoms in total. The number of hydrogen-bond acceptors (Lipinski definition) is 4. The number of aliphatic hydroxyl groups excluding tert-OH is 1. The monoisotopic (exact) mass is 243 g/mol. The normalized spacial score (nSPS) is 12.2. The zero-order valence-corrected chi connectivity index (χ0v) is 9.48. The van der Waals surface area contributed by atoms with Crippen LogP contribution in [0.1, 0.15) is 12.0 Å². The van der Waals surface area contributed by atoms with Crippen molar-refractivity contribution in [2.45, 2.75) is 19.1 Å². The Morgan fingerprint density at radius 1 is 1.44 bits per heavy atom. The third kappa shape index (κ3) is 4.18. The lowest BCUT2D eigenvalue weighted by Gasteiger charge is -2.09. The molecule has 1 aromatic rings. The number of halogens is 1. The van der Waals surface area contributed by atoms with E-state index in [1.54, 1.807) is 24.3 Å². The van der Waals surface area contributed by atoms with Gasteiger partial charge in [0.25, 0.3) is 0 Å². The Morgan fingerprint density at radius 3 is 2.62 bits per heavy atom. The quantitative estimate of drug-likeness (QED) is 0.760. The minimum Gasteiger partial charge on any atom is -0.459 e. The zero-order valence-electron chi connectivity index (χ0n) is 8.73. The average Bonchev–Trinajstić information content (AvgIpc) is 2.28. The lowest BCUT2D eigenvalue weighted by atomic mass is 10.2. The second-order valence-electron chi connectivity index (χ2n) is 3.33. The van der Waals surface area contributed by atoms with Crippen molar-refractivity contribution in [2.24, 2.45) is 5.73 Å². The average molecular weight is 244 g/mol. The Morgan fingerprint density at radius 2 is 2.06 bits per heavy atom. The van der Waals surface area contributed by atoms with E-state index in [1.807, 2.05) is 0 Å². The molecule has 0 spiro atoms. The van der Waals surface area contributed by atoms with Gasteiger partial charge < -0.3 is 15.6 Å². The summed E-state index contributed by atoms with van der Waals surface area (Å²) in [6.07, 6.45) is -0.934. The minimum atomic E-state index is -1.14. The molecule has 1 unspecified atom stereocenters. The van der Waals surface area contributed by atoms with E-state index in [4.69, 9.17) is 22.1 Å². The van der Waals surface area contributed by atoms with Crippen LogP contribution >= 0.6 is 11.6 Å². The smallest absolute Gasteiger partial charge is 0.335 e. The molecule has 0 aromatic heterocycles. The molecular weight excluding hydrogens is 230 g/mol. The van der Waals surface area contributed by atoms with Crippen molar-refractivity contribution in [1.82, 2.24) is 0 Å². The van der Waals surface area contributed by atoms with E-state index >= 15 is 0 Å². The van der Waals surface area contributed by atoms with Crippen LogP contribution in [-0.4, -0.2) is 23.7 Å². The van der Waals surface area contributed by atoms with Gasteiger partial charge in [-0.2, -0.15) is 0 Å². The van der Waals surface area contributed by atoms with Gasteiger partial charge in [-0.25, -0.2) is 4.79 Å². The van der Waals surface area contributed by atoms with E-state index in [9.17, 15) is 9.90 Å². The van der Waals surface area contributed by atoms with Crippen LogP contribution in [0.25, 0.3) is 0 Å². The summed E-state index contributed by atoms with van der Waals surface area (Å²) in [5, 5.41) is 9.89. The molecule has 0 aliphatic carbocycles. The van der Waals surface area contributed by atoms with Crippen LogP contribution in [0.5, 0.6) is 0 Å². The lowest BCUT2D eigenvalue weighted by Crippen LogP contribution is -2.25. The van der Waals surface area contributed by atoms with Crippen LogP contribution in [-0.2, 0) is 16.1 Å². The molecule has 0 saturated carbocycles. The van der Waals surface area contributed by atoms with Crippen LogP contribution in [0.4, 0.5) is 0 Å². The van der Waals surface area contributed by atoms with E-state index in [0.29, 0.717) is 5.02 Å². The Labute approximate surface area is 99.0 Å². The van der Waals surface area contributed by atoms with Gasteiger partial charge in [0, 0.05) is 5.02 Å². The van der Waals surface area contributed by atoms with Gasteiger partial charge >= 0.3 is 5.97 Å². The first-order valence-electron chi connectivity index (χ1n) is 4.92. The molecule has 0 heterocycles. The molecule has 0 aliphatic heterocycles. The second kappa shape index (κ2) is 6.48. The van der Waals surface area contributed by atoms with E-state index in [-0.39, 0.29) is 19.6 Å². The van der Waals surface area contributed by atoms with Crippen molar-refractivity contribution in [3.63, 3.8) is 0 Å². The van der Waals surface area contributed by atoms with Crippen molar-refractivity contribution in [2.75, 3.05) is 6.54 Å². The van der Waals surface area contributed by atoms with Gasteiger partial charge in [0.1, 0.15) is 6.61 Å². The number of aliphatic hydroxyl groups is 1. The maximum absolute atomic E-state index is 11.2. The van der Waals surface area contributed by atoms with Gasteiger partial charge in [-0.15, -0.1) is 0 Å². The maximum atomic E-state index is 11.2. The Balaban J connectivity index is 2.39. The third-order valence-corrected chi connectivity index (χ3v) is 2.26. The molecule has 0 bridgehead atoms. The molecule has 1 atom stereocenters. The number of nitrogens with two attached hydrogens (primary N) is 1. The highest BCUT2D eigenvalue weighted by Crippen LogP contribution is 2.10. The van der Waals surface area contributed by atoms with Crippen LogP contribution in [0, 0.1) is 0 Å².